The van der Waals surface area contributed by atoms with Gasteiger partial charge in [-0.2, -0.15) is 0 Å². The van der Waals surface area contributed by atoms with E-state index in [0.29, 0.717) is 17.3 Å². The number of hydrogen-bond acceptors (Lipinski definition) is 2. The average Bonchev–Trinajstić information content (AvgIpc) is 2.63. The van der Waals surface area contributed by atoms with Crippen LogP contribution in [0.2, 0.25) is 5.02 Å². The topological polar surface area (TPSA) is 29.9 Å². The third-order valence-electron chi connectivity index (χ3n) is 2.31. The van der Waals surface area contributed by atoms with E-state index in [1.807, 2.05) is 11.6 Å². The summed E-state index contributed by atoms with van der Waals surface area (Å²) >= 11 is 5.88. The molecule has 1 N–H and O–H groups in total. The van der Waals surface area contributed by atoms with Crippen LogP contribution in [0.5, 0.6) is 0 Å². The molecule has 0 atom stereocenters. The Morgan fingerprint density at radius 1 is 1.50 bits per heavy atom. The van der Waals surface area contributed by atoms with E-state index in [1.165, 1.54) is 12.1 Å². The first kappa shape index (κ1) is 11.0. The first-order chi connectivity index (χ1) is 7.66. The van der Waals surface area contributed by atoms with Crippen molar-refractivity contribution in [2.75, 3.05) is 5.32 Å². The molecule has 1 aromatic carbocycles. The van der Waals surface area contributed by atoms with E-state index in [2.05, 4.69) is 10.3 Å². The highest BCUT2D eigenvalue weighted by Gasteiger charge is 2.03. The van der Waals surface area contributed by atoms with Crippen molar-refractivity contribution < 1.29 is 4.39 Å². The SMILES string of the molecule is Cn1cncc1CNc1ccc(F)cc1Cl. The molecule has 16 heavy (non-hydrogen) atoms. The molecule has 0 bridgehead atoms. The highest BCUT2D eigenvalue weighted by Crippen LogP contribution is 2.22. The summed E-state index contributed by atoms with van der Waals surface area (Å²) in [4.78, 5) is 4.00. The van der Waals surface area contributed by atoms with Crippen molar-refractivity contribution in [1.29, 1.82) is 0 Å². The van der Waals surface area contributed by atoms with Crippen LogP contribution < -0.4 is 5.32 Å². The van der Waals surface area contributed by atoms with Gasteiger partial charge >= 0.3 is 0 Å². The molecular weight excluding hydrogens is 229 g/mol. The van der Waals surface area contributed by atoms with Crippen molar-refractivity contribution in [3.63, 3.8) is 0 Å². The van der Waals surface area contributed by atoms with Crippen LogP contribution in [0.15, 0.2) is 30.7 Å². The molecular formula is C11H11ClFN3. The fourth-order valence-corrected chi connectivity index (χ4v) is 1.61. The number of aryl methyl sites for hydroxylation is 1. The van der Waals surface area contributed by atoms with Crippen LogP contribution in [0.1, 0.15) is 5.69 Å². The number of imidazole rings is 1. The molecule has 1 heterocycles. The van der Waals surface area contributed by atoms with Gasteiger partial charge in [0.1, 0.15) is 5.82 Å². The molecule has 0 saturated heterocycles. The van der Waals surface area contributed by atoms with Gasteiger partial charge in [0.15, 0.2) is 0 Å². The lowest BCUT2D eigenvalue weighted by molar-refractivity contribution is 0.628. The van der Waals surface area contributed by atoms with Crippen LogP contribution in [0.4, 0.5) is 10.1 Å². The summed E-state index contributed by atoms with van der Waals surface area (Å²) in [6.07, 6.45) is 3.49. The number of nitrogens with zero attached hydrogens (tertiary/aromatic N) is 2. The van der Waals surface area contributed by atoms with Crippen LogP contribution in [0.25, 0.3) is 0 Å². The Balaban J connectivity index is 2.08. The fourth-order valence-electron chi connectivity index (χ4n) is 1.37. The molecule has 0 unspecified atom stereocenters. The van der Waals surface area contributed by atoms with E-state index in [0.717, 1.165) is 5.69 Å². The van der Waals surface area contributed by atoms with Crippen LogP contribution >= 0.6 is 11.6 Å². The highest BCUT2D eigenvalue weighted by molar-refractivity contribution is 6.33. The molecule has 84 valence electrons. The molecule has 0 fully saturated rings. The lowest BCUT2D eigenvalue weighted by Crippen LogP contribution is -2.04. The second-order valence-corrected chi connectivity index (χ2v) is 3.88. The Hall–Kier alpha value is -1.55. The number of anilines is 1. The lowest BCUT2D eigenvalue weighted by atomic mass is 10.3. The molecule has 5 heteroatoms. The normalized spacial score (nSPS) is 10.4. The predicted octanol–water partition coefficient (Wildman–Crippen LogP) is 2.82. The maximum absolute atomic E-state index is 12.8. The van der Waals surface area contributed by atoms with Crippen molar-refractivity contribution in [2.45, 2.75) is 6.54 Å². The van der Waals surface area contributed by atoms with Crippen molar-refractivity contribution in [3.05, 3.63) is 47.3 Å². The van der Waals surface area contributed by atoms with E-state index < -0.39 is 0 Å². The second kappa shape index (κ2) is 4.53. The minimum Gasteiger partial charge on any atom is -0.378 e. The van der Waals surface area contributed by atoms with Gasteiger partial charge in [0.25, 0.3) is 0 Å². The summed E-state index contributed by atoms with van der Waals surface area (Å²) in [7, 11) is 1.91. The van der Waals surface area contributed by atoms with Gasteiger partial charge in [-0.15, -0.1) is 0 Å². The molecule has 0 aliphatic heterocycles. The Morgan fingerprint density at radius 3 is 2.94 bits per heavy atom. The maximum Gasteiger partial charge on any atom is 0.124 e. The summed E-state index contributed by atoms with van der Waals surface area (Å²) in [5, 5.41) is 3.50. The lowest BCUT2D eigenvalue weighted by Gasteiger charge is -2.08. The molecule has 3 nitrogen and oxygen atoms in total. The van der Waals surface area contributed by atoms with Crippen LogP contribution in [-0.2, 0) is 13.6 Å². The van der Waals surface area contributed by atoms with Gasteiger partial charge in [-0.3, -0.25) is 0 Å². The maximum atomic E-state index is 12.8. The third-order valence-corrected chi connectivity index (χ3v) is 2.62. The van der Waals surface area contributed by atoms with Crippen molar-refractivity contribution in [3.8, 4) is 0 Å². The molecule has 0 aliphatic rings. The fraction of sp³-hybridized carbons (Fsp3) is 0.182. The van der Waals surface area contributed by atoms with E-state index in [4.69, 9.17) is 11.6 Å². The van der Waals surface area contributed by atoms with Gasteiger partial charge in [0, 0.05) is 13.2 Å². The highest BCUT2D eigenvalue weighted by atomic mass is 35.5. The van der Waals surface area contributed by atoms with Gasteiger partial charge in [-0.1, -0.05) is 11.6 Å². The predicted molar refractivity (Wildman–Crippen MR) is 61.9 cm³/mol. The molecule has 0 radical (unpaired) electrons. The quantitative estimate of drug-likeness (QED) is 0.893. The Labute approximate surface area is 97.9 Å². The van der Waals surface area contributed by atoms with Gasteiger partial charge in [-0.05, 0) is 18.2 Å². The van der Waals surface area contributed by atoms with Gasteiger partial charge < -0.3 is 9.88 Å². The zero-order valence-corrected chi connectivity index (χ0v) is 9.50. The van der Waals surface area contributed by atoms with Crippen LogP contribution in [-0.4, -0.2) is 9.55 Å². The number of hydrogen-bond donors (Lipinski definition) is 1. The van der Waals surface area contributed by atoms with Crippen LogP contribution in [0, 0.1) is 5.82 Å². The smallest absolute Gasteiger partial charge is 0.124 e. The number of benzene rings is 1. The molecule has 2 rings (SSSR count). The number of rotatable bonds is 3. The molecule has 0 saturated carbocycles. The van der Waals surface area contributed by atoms with Gasteiger partial charge in [0.05, 0.1) is 29.3 Å². The molecule has 2 aromatic rings. The zero-order valence-electron chi connectivity index (χ0n) is 8.74. The first-order valence-corrected chi connectivity index (χ1v) is 5.19. The van der Waals surface area contributed by atoms with E-state index in [9.17, 15) is 4.39 Å². The summed E-state index contributed by atoms with van der Waals surface area (Å²) in [5.74, 6) is -0.337. The standard InChI is InChI=1S/C11H11ClFN3/c1-16-7-14-5-9(16)6-15-11-3-2-8(13)4-10(11)12/h2-5,7,15H,6H2,1H3. The van der Waals surface area contributed by atoms with E-state index >= 15 is 0 Å². The van der Waals surface area contributed by atoms with Crippen molar-refractivity contribution in [1.82, 2.24) is 9.55 Å². The molecule has 0 amide bonds. The summed E-state index contributed by atoms with van der Waals surface area (Å²) in [5.41, 5.74) is 1.74. The zero-order chi connectivity index (χ0) is 11.5. The number of nitrogens with one attached hydrogen (secondary N) is 1. The second-order valence-electron chi connectivity index (χ2n) is 3.47. The monoisotopic (exact) mass is 239 g/mol. The number of halogens is 2. The summed E-state index contributed by atoms with van der Waals surface area (Å²) < 4.78 is 14.7. The van der Waals surface area contributed by atoms with Gasteiger partial charge in [-0.25, -0.2) is 9.37 Å². The van der Waals surface area contributed by atoms with Crippen molar-refractivity contribution >= 4 is 17.3 Å². The molecule has 1 aromatic heterocycles. The van der Waals surface area contributed by atoms with Crippen LogP contribution in [0.3, 0.4) is 0 Å². The Morgan fingerprint density at radius 2 is 2.31 bits per heavy atom. The van der Waals surface area contributed by atoms with E-state index in [1.54, 1.807) is 18.6 Å². The molecule has 0 spiro atoms. The first-order valence-electron chi connectivity index (χ1n) is 4.81. The minimum absolute atomic E-state index is 0.337. The largest absolute Gasteiger partial charge is 0.378 e. The third kappa shape index (κ3) is 2.33. The minimum atomic E-state index is -0.337. The number of aromatic nitrogens is 2. The van der Waals surface area contributed by atoms with Crippen molar-refractivity contribution in [2.24, 2.45) is 7.05 Å². The Kier molecular flexibility index (Phi) is 3.10. The molecule has 0 aliphatic carbocycles. The summed E-state index contributed by atoms with van der Waals surface area (Å²) in [6, 6.07) is 4.28. The average molecular weight is 240 g/mol. The van der Waals surface area contributed by atoms with E-state index in [-0.39, 0.29) is 5.82 Å². The Bertz CT molecular complexity index is 496. The van der Waals surface area contributed by atoms with Gasteiger partial charge in [0.2, 0.25) is 0 Å². The summed E-state index contributed by atoms with van der Waals surface area (Å²) in [6.45, 7) is 0.599.